The summed E-state index contributed by atoms with van der Waals surface area (Å²) >= 11 is 0. The molecule has 0 bridgehead atoms. The van der Waals surface area contributed by atoms with Crippen LogP contribution >= 0.6 is 0 Å². The third-order valence-electron chi connectivity index (χ3n) is 6.24. The van der Waals surface area contributed by atoms with Gasteiger partial charge in [-0.3, -0.25) is 4.98 Å². The fraction of sp³-hybridized carbons (Fsp3) is 0.406. The maximum absolute atomic E-state index is 4.17. The van der Waals surface area contributed by atoms with Crippen LogP contribution in [0.1, 0.15) is 76.3 Å². The molecule has 4 rings (SSSR count). The van der Waals surface area contributed by atoms with E-state index in [0.29, 0.717) is 0 Å². The number of aryl methyl sites for hydroxylation is 2. The van der Waals surface area contributed by atoms with Crippen molar-refractivity contribution in [3.05, 3.63) is 95.3 Å². The Hall–Kier alpha value is -2.87. The highest BCUT2D eigenvalue weighted by Gasteiger charge is 2.16. The summed E-state index contributed by atoms with van der Waals surface area (Å²) in [7, 11) is 0. The summed E-state index contributed by atoms with van der Waals surface area (Å²) < 4.78 is 0. The predicted octanol–water partition coefficient (Wildman–Crippen LogP) is 8.85. The van der Waals surface area contributed by atoms with Crippen LogP contribution in [0.3, 0.4) is 0 Å². The van der Waals surface area contributed by atoms with E-state index in [2.05, 4.69) is 98.3 Å². The molecule has 2 heteroatoms. The lowest BCUT2D eigenvalue weighted by atomic mass is 9.97. The number of piperidine rings is 1. The molecule has 1 aliphatic heterocycles. The molecule has 1 aliphatic rings. The maximum atomic E-state index is 4.17. The summed E-state index contributed by atoms with van der Waals surface area (Å²) in [6.07, 6.45) is 9.03. The number of allylic oxidation sites excluding steroid dienone is 1. The molecule has 0 saturated carbocycles. The zero-order chi connectivity index (χ0) is 24.8. The minimum atomic E-state index is 0.872. The van der Waals surface area contributed by atoms with E-state index < -0.39 is 0 Å². The molecule has 0 aliphatic carbocycles. The minimum Gasteiger partial charge on any atom is -0.371 e. The first kappa shape index (κ1) is 27.4. The smallest absolute Gasteiger partial charge is 0.0403 e. The SMILES string of the molecule is C/C(=C\c1ccccc1C)c1cccc(N2CCC(C)CC2)c1.CC.CCCc1ccccn1. The number of nitrogens with zero attached hydrogens (tertiary/aromatic N) is 2. The standard InChI is InChI=1S/C22H27N.C8H11N.C2H6/c1-17-11-13-23(14-12-17)22-10-6-9-21(16-22)19(3)15-20-8-5-4-7-18(20)2;1-2-5-8-6-3-4-7-9-8;1-2/h4-10,15-17H,11-14H2,1-3H3;3-4,6-7H,2,5H2,1H3;1-2H3/b19-15+;;. The highest BCUT2D eigenvalue weighted by atomic mass is 15.1. The molecular formula is C32H44N2. The van der Waals surface area contributed by atoms with Gasteiger partial charge in [0.25, 0.3) is 0 Å². The van der Waals surface area contributed by atoms with E-state index in [9.17, 15) is 0 Å². The number of hydrogen-bond acceptors (Lipinski definition) is 2. The van der Waals surface area contributed by atoms with Gasteiger partial charge in [0.1, 0.15) is 0 Å². The van der Waals surface area contributed by atoms with Gasteiger partial charge in [-0.2, -0.15) is 0 Å². The van der Waals surface area contributed by atoms with Gasteiger partial charge in [0.2, 0.25) is 0 Å². The van der Waals surface area contributed by atoms with Gasteiger partial charge in [0.15, 0.2) is 0 Å². The third-order valence-corrected chi connectivity index (χ3v) is 6.24. The van der Waals surface area contributed by atoms with E-state index in [0.717, 1.165) is 12.3 Å². The summed E-state index contributed by atoms with van der Waals surface area (Å²) in [5.74, 6) is 0.872. The molecule has 0 amide bonds. The molecule has 0 N–H and O–H groups in total. The number of hydrogen-bond donors (Lipinski definition) is 0. The van der Waals surface area contributed by atoms with Crippen LogP contribution in [0.4, 0.5) is 5.69 Å². The number of pyridine rings is 1. The van der Waals surface area contributed by atoms with E-state index in [4.69, 9.17) is 0 Å². The quantitative estimate of drug-likeness (QED) is 0.356. The summed E-state index contributed by atoms with van der Waals surface area (Å²) in [6.45, 7) is 15.3. The Morgan fingerprint density at radius 3 is 2.32 bits per heavy atom. The topological polar surface area (TPSA) is 16.1 Å². The van der Waals surface area contributed by atoms with Gasteiger partial charge in [-0.05, 0) is 85.6 Å². The number of anilines is 1. The molecule has 1 fully saturated rings. The van der Waals surface area contributed by atoms with Crippen LogP contribution in [0.2, 0.25) is 0 Å². The zero-order valence-corrected chi connectivity index (χ0v) is 22.2. The molecule has 2 aromatic carbocycles. The average molecular weight is 457 g/mol. The lowest BCUT2D eigenvalue weighted by Crippen LogP contribution is -2.32. The molecule has 2 nitrogen and oxygen atoms in total. The van der Waals surface area contributed by atoms with Crippen molar-refractivity contribution in [3.8, 4) is 0 Å². The van der Waals surface area contributed by atoms with Crippen LogP contribution in [0.25, 0.3) is 11.6 Å². The Balaban J connectivity index is 0.000000311. The second-order valence-electron chi connectivity index (χ2n) is 8.97. The maximum Gasteiger partial charge on any atom is 0.0403 e. The molecule has 0 spiro atoms. The third kappa shape index (κ3) is 8.82. The predicted molar refractivity (Wildman–Crippen MR) is 151 cm³/mol. The van der Waals surface area contributed by atoms with E-state index in [1.165, 1.54) is 66.0 Å². The highest BCUT2D eigenvalue weighted by Crippen LogP contribution is 2.27. The van der Waals surface area contributed by atoms with Gasteiger partial charge < -0.3 is 4.90 Å². The van der Waals surface area contributed by atoms with Crippen molar-refractivity contribution < 1.29 is 0 Å². The normalized spacial score (nSPS) is 13.9. The highest BCUT2D eigenvalue weighted by molar-refractivity contribution is 5.82. The second kappa shape index (κ2) is 15.1. The lowest BCUT2D eigenvalue weighted by Gasteiger charge is -2.32. The summed E-state index contributed by atoms with van der Waals surface area (Å²) in [5, 5.41) is 0. The molecule has 0 atom stereocenters. The van der Waals surface area contributed by atoms with Crippen LogP contribution in [-0.2, 0) is 6.42 Å². The number of aromatic nitrogens is 1. The largest absolute Gasteiger partial charge is 0.371 e. The van der Waals surface area contributed by atoms with Crippen molar-refractivity contribution in [1.82, 2.24) is 4.98 Å². The second-order valence-corrected chi connectivity index (χ2v) is 8.97. The van der Waals surface area contributed by atoms with E-state index in [1.54, 1.807) is 0 Å². The molecule has 0 radical (unpaired) electrons. The van der Waals surface area contributed by atoms with Crippen LogP contribution in [0.15, 0.2) is 72.9 Å². The number of rotatable bonds is 5. The van der Waals surface area contributed by atoms with Crippen LogP contribution in [0.5, 0.6) is 0 Å². The molecule has 1 aromatic heterocycles. The summed E-state index contributed by atoms with van der Waals surface area (Å²) in [4.78, 5) is 6.70. The van der Waals surface area contributed by atoms with Crippen LogP contribution in [0, 0.1) is 12.8 Å². The Bertz CT molecular complexity index is 983. The number of benzene rings is 2. The molecular weight excluding hydrogens is 412 g/mol. The first-order valence-corrected chi connectivity index (χ1v) is 13.1. The van der Waals surface area contributed by atoms with E-state index in [-0.39, 0.29) is 0 Å². The van der Waals surface area contributed by atoms with Crippen molar-refractivity contribution in [1.29, 1.82) is 0 Å². The first-order chi connectivity index (χ1) is 16.6. The first-order valence-electron chi connectivity index (χ1n) is 13.1. The van der Waals surface area contributed by atoms with Gasteiger partial charge in [0, 0.05) is 30.7 Å². The Kier molecular flexibility index (Phi) is 12.2. The summed E-state index contributed by atoms with van der Waals surface area (Å²) in [6, 6.07) is 23.6. The molecule has 0 unspecified atom stereocenters. The van der Waals surface area contributed by atoms with E-state index >= 15 is 0 Å². The van der Waals surface area contributed by atoms with Gasteiger partial charge in [-0.15, -0.1) is 0 Å². The van der Waals surface area contributed by atoms with Crippen molar-refractivity contribution >= 4 is 17.3 Å². The van der Waals surface area contributed by atoms with Gasteiger partial charge in [-0.25, -0.2) is 0 Å². The van der Waals surface area contributed by atoms with Crippen molar-refractivity contribution in [3.63, 3.8) is 0 Å². The molecule has 34 heavy (non-hydrogen) atoms. The van der Waals surface area contributed by atoms with Gasteiger partial charge in [-0.1, -0.05) is 82.7 Å². The fourth-order valence-corrected chi connectivity index (χ4v) is 4.08. The van der Waals surface area contributed by atoms with Gasteiger partial charge in [0.05, 0.1) is 0 Å². The van der Waals surface area contributed by atoms with Crippen LogP contribution in [-0.4, -0.2) is 18.1 Å². The zero-order valence-electron chi connectivity index (χ0n) is 22.2. The minimum absolute atomic E-state index is 0.872. The summed E-state index contributed by atoms with van der Waals surface area (Å²) in [5.41, 5.74) is 7.85. The fourth-order valence-electron chi connectivity index (χ4n) is 4.08. The monoisotopic (exact) mass is 456 g/mol. The molecule has 182 valence electrons. The van der Waals surface area contributed by atoms with Crippen molar-refractivity contribution in [2.75, 3.05) is 18.0 Å². The lowest BCUT2D eigenvalue weighted by molar-refractivity contribution is 0.438. The van der Waals surface area contributed by atoms with Crippen molar-refractivity contribution in [2.24, 2.45) is 5.92 Å². The average Bonchev–Trinajstić information content (AvgIpc) is 2.88. The Morgan fingerprint density at radius 2 is 1.68 bits per heavy atom. The Labute approximate surface area is 208 Å². The van der Waals surface area contributed by atoms with Crippen molar-refractivity contribution in [2.45, 2.75) is 67.2 Å². The Morgan fingerprint density at radius 1 is 0.971 bits per heavy atom. The van der Waals surface area contributed by atoms with Gasteiger partial charge >= 0.3 is 0 Å². The molecule has 2 heterocycles. The van der Waals surface area contributed by atoms with Crippen LogP contribution < -0.4 is 4.90 Å². The van der Waals surface area contributed by atoms with E-state index in [1.807, 2.05) is 32.2 Å². The molecule has 3 aromatic rings. The molecule has 1 saturated heterocycles.